The Morgan fingerprint density at radius 3 is 2.39 bits per heavy atom. The molecule has 5 rings (SSSR count). The number of aromatic nitrogens is 1. The van der Waals surface area contributed by atoms with Crippen LogP contribution in [0.25, 0.3) is 10.9 Å². The Bertz CT molecular complexity index is 1680. The number of esters is 1. The van der Waals surface area contributed by atoms with E-state index in [1.165, 1.54) is 14.2 Å². The molecular weight excluding hydrogens is 586 g/mol. The van der Waals surface area contributed by atoms with Gasteiger partial charge in [-0.3, -0.25) is 14.4 Å². The lowest BCUT2D eigenvalue weighted by atomic mass is 9.93. The second-order valence-electron chi connectivity index (χ2n) is 11.1. The van der Waals surface area contributed by atoms with Gasteiger partial charge in [-0.2, -0.15) is 0 Å². The van der Waals surface area contributed by atoms with Crippen LogP contribution in [-0.4, -0.2) is 55.7 Å². The molecule has 0 saturated heterocycles. The monoisotopic (exact) mass is 625 g/mol. The van der Waals surface area contributed by atoms with Gasteiger partial charge in [-0.05, 0) is 35.2 Å². The third-order valence-corrected chi connectivity index (χ3v) is 8.01. The van der Waals surface area contributed by atoms with E-state index in [0.717, 1.165) is 22.0 Å². The highest BCUT2D eigenvalue weighted by Gasteiger charge is 2.31. The van der Waals surface area contributed by atoms with Crippen LogP contribution in [-0.2, 0) is 25.5 Å². The fourth-order valence-corrected chi connectivity index (χ4v) is 5.60. The number of para-hydroxylation sites is 2. The molecule has 1 aromatic heterocycles. The molecule has 240 valence electrons. The first-order chi connectivity index (χ1) is 22.4. The average molecular weight is 626 g/mol. The van der Waals surface area contributed by atoms with Gasteiger partial charge in [0.05, 0.1) is 33.3 Å². The Morgan fingerprint density at radius 1 is 0.848 bits per heavy atom. The van der Waals surface area contributed by atoms with Crippen molar-refractivity contribution >= 4 is 28.7 Å². The SMILES string of the molecule is COc1cccc(OC2CCOC(=O)C/C=C/[C@H](C)[C@H](c3ccccc3)NC(=O)[C@H](Cc3c[nH]c4ccccc34)NC2=O)c1OC. The van der Waals surface area contributed by atoms with Crippen molar-refractivity contribution in [3.63, 3.8) is 0 Å². The minimum atomic E-state index is -1.13. The second-order valence-corrected chi connectivity index (χ2v) is 11.1. The molecule has 2 amide bonds. The van der Waals surface area contributed by atoms with E-state index in [-0.39, 0.29) is 43.4 Å². The maximum Gasteiger partial charge on any atom is 0.309 e. The van der Waals surface area contributed by atoms with Crippen LogP contribution < -0.4 is 24.8 Å². The number of aromatic amines is 1. The largest absolute Gasteiger partial charge is 0.493 e. The van der Waals surface area contributed by atoms with Gasteiger partial charge < -0.3 is 34.6 Å². The van der Waals surface area contributed by atoms with Crippen LogP contribution in [0, 0.1) is 5.92 Å². The van der Waals surface area contributed by atoms with Crippen LogP contribution in [0.5, 0.6) is 17.2 Å². The van der Waals surface area contributed by atoms with E-state index in [9.17, 15) is 14.4 Å². The minimum absolute atomic E-state index is 0.0338. The van der Waals surface area contributed by atoms with Crippen LogP contribution in [0.3, 0.4) is 0 Å². The summed E-state index contributed by atoms with van der Waals surface area (Å²) >= 11 is 0. The molecule has 1 aliphatic heterocycles. The number of amides is 2. The molecule has 1 aliphatic rings. The number of nitrogens with one attached hydrogen (secondary N) is 3. The molecular formula is C36H39N3O7. The first-order valence-electron chi connectivity index (χ1n) is 15.3. The van der Waals surface area contributed by atoms with E-state index in [2.05, 4.69) is 15.6 Å². The molecule has 2 heterocycles. The number of hydrogen-bond acceptors (Lipinski definition) is 7. The number of carbonyl (C=O) groups is 3. The van der Waals surface area contributed by atoms with Crippen LogP contribution >= 0.6 is 0 Å². The zero-order chi connectivity index (χ0) is 32.5. The molecule has 10 heteroatoms. The zero-order valence-electron chi connectivity index (χ0n) is 26.2. The third-order valence-electron chi connectivity index (χ3n) is 8.01. The highest BCUT2D eigenvalue weighted by molar-refractivity contribution is 5.91. The van der Waals surface area contributed by atoms with Gasteiger partial charge in [0.15, 0.2) is 17.6 Å². The van der Waals surface area contributed by atoms with Gasteiger partial charge >= 0.3 is 5.97 Å². The number of fused-ring (bicyclic) bond motifs is 1. The van der Waals surface area contributed by atoms with Crippen molar-refractivity contribution < 1.29 is 33.3 Å². The number of hydrogen-bond donors (Lipinski definition) is 3. The average Bonchev–Trinajstić information content (AvgIpc) is 3.48. The van der Waals surface area contributed by atoms with E-state index in [1.54, 1.807) is 24.3 Å². The number of rotatable bonds is 7. The fraction of sp³-hybridized carbons (Fsp3) is 0.306. The Labute approximate surface area is 268 Å². The number of methoxy groups -OCH3 is 2. The smallest absolute Gasteiger partial charge is 0.309 e. The third kappa shape index (κ3) is 7.69. The summed E-state index contributed by atoms with van der Waals surface area (Å²) in [7, 11) is 2.98. The number of carbonyl (C=O) groups excluding carboxylic acids is 3. The number of H-pyrrole nitrogens is 1. The van der Waals surface area contributed by atoms with Crippen LogP contribution in [0.1, 0.15) is 36.9 Å². The van der Waals surface area contributed by atoms with Gasteiger partial charge in [0.1, 0.15) is 6.04 Å². The Balaban J connectivity index is 1.51. The van der Waals surface area contributed by atoms with Crippen LogP contribution in [0.2, 0.25) is 0 Å². The summed E-state index contributed by atoms with van der Waals surface area (Å²) in [5, 5.41) is 7.09. The fourth-order valence-electron chi connectivity index (χ4n) is 5.60. The van der Waals surface area contributed by atoms with Gasteiger partial charge in [0.2, 0.25) is 11.7 Å². The summed E-state index contributed by atoms with van der Waals surface area (Å²) in [5.74, 6) is -0.507. The molecule has 3 aromatic carbocycles. The minimum Gasteiger partial charge on any atom is -0.493 e. The lowest BCUT2D eigenvalue weighted by Gasteiger charge is -2.28. The quantitative estimate of drug-likeness (QED) is 0.194. The lowest BCUT2D eigenvalue weighted by Crippen LogP contribution is -2.53. The van der Waals surface area contributed by atoms with Gasteiger partial charge in [0.25, 0.3) is 5.91 Å². The van der Waals surface area contributed by atoms with Crippen molar-refractivity contribution in [1.82, 2.24) is 15.6 Å². The molecule has 0 saturated carbocycles. The first kappa shape index (κ1) is 32.2. The van der Waals surface area contributed by atoms with Crippen molar-refractivity contribution in [3.8, 4) is 17.2 Å². The summed E-state index contributed by atoms with van der Waals surface area (Å²) in [6.07, 6.45) is 4.67. The van der Waals surface area contributed by atoms with Crippen molar-refractivity contribution in [2.45, 2.75) is 44.4 Å². The summed E-state index contributed by atoms with van der Waals surface area (Å²) in [6, 6.07) is 21.1. The molecule has 0 fully saturated rings. The molecule has 1 unspecified atom stereocenters. The molecule has 46 heavy (non-hydrogen) atoms. The number of benzene rings is 3. The van der Waals surface area contributed by atoms with Gasteiger partial charge in [0, 0.05) is 29.9 Å². The number of cyclic esters (lactones) is 1. The van der Waals surface area contributed by atoms with E-state index in [1.807, 2.05) is 73.8 Å². The van der Waals surface area contributed by atoms with Gasteiger partial charge in [-0.1, -0.05) is 73.7 Å². The molecule has 10 nitrogen and oxygen atoms in total. The van der Waals surface area contributed by atoms with E-state index >= 15 is 0 Å². The maximum absolute atomic E-state index is 14.2. The standard InChI is InChI=1S/C36H39N3O7/c1-23-11-9-18-32(40)45-20-19-31(46-30-17-10-16-29(43-2)34(30)44-3)36(42)38-28(21-25-22-37-27-15-8-7-14-26(25)27)35(41)39-33(23)24-12-5-4-6-13-24/h4-17,22-23,28,31,33,37H,18-21H2,1-3H3,(H,38,42)(H,39,41)/b11-9+/t23-,28-,31?,33+/m0/s1. The van der Waals surface area contributed by atoms with Gasteiger partial charge in [-0.15, -0.1) is 0 Å². The first-order valence-corrected chi connectivity index (χ1v) is 15.3. The van der Waals surface area contributed by atoms with E-state index < -0.39 is 30.1 Å². The molecule has 0 radical (unpaired) electrons. The maximum atomic E-state index is 14.2. The molecule has 0 aliphatic carbocycles. The molecule has 3 N–H and O–H groups in total. The predicted molar refractivity (Wildman–Crippen MR) is 174 cm³/mol. The summed E-state index contributed by atoms with van der Waals surface area (Å²) in [6.45, 7) is 1.90. The summed E-state index contributed by atoms with van der Waals surface area (Å²) in [5.41, 5.74) is 2.69. The van der Waals surface area contributed by atoms with E-state index in [0.29, 0.717) is 11.5 Å². The Kier molecular flexibility index (Phi) is 10.6. The topological polar surface area (TPSA) is 128 Å². The Hall–Kier alpha value is -5.25. The van der Waals surface area contributed by atoms with Crippen molar-refractivity contribution in [2.24, 2.45) is 5.92 Å². The van der Waals surface area contributed by atoms with Crippen LogP contribution in [0.15, 0.2) is 91.1 Å². The molecule has 4 aromatic rings. The normalized spacial score (nSPS) is 22.0. The molecule has 0 bridgehead atoms. The summed E-state index contributed by atoms with van der Waals surface area (Å²) < 4.78 is 22.6. The Morgan fingerprint density at radius 2 is 1.61 bits per heavy atom. The predicted octanol–water partition coefficient (Wildman–Crippen LogP) is 5.05. The lowest BCUT2D eigenvalue weighted by molar-refractivity contribution is -0.144. The second kappa shape index (κ2) is 15.2. The highest BCUT2D eigenvalue weighted by atomic mass is 16.5. The van der Waals surface area contributed by atoms with Crippen molar-refractivity contribution in [1.29, 1.82) is 0 Å². The van der Waals surface area contributed by atoms with Crippen molar-refractivity contribution in [3.05, 3.63) is 102 Å². The van der Waals surface area contributed by atoms with Gasteiger partial charge in [-0.25, -0.2) is 0 Å². The molecule has 0 spiro atoms. The van der Waals surface area contributed by atoms with Crippen LogP contribution in [0.4, 0.5) is 0 Å². The van der Waals surface area contributed by atoms with Crippen molar-refractivity contribution in [2.75, 3.05) is 20.8 Å². The zero-order valence-corrected chi connectivity index (χ0v) is 26.2. The summed E-state index contributed by atoms with van der Waals surface area (Å²) in [4.78, 5) is 44.0. The molecule has 4 atom stereocenters. The highest BCUT2D eigenvalue weighted by Crippen LogP contribution is 2.37. The number of ether oxygens (including phenoxy) is 4. The van der Waals surface area contributed by atoms with E-state index in [4.69, 9.17) is 18.9 Å².